The van der Waals surface area contributed by atoms with Gasteiger partial charge < -0.3 is 10.5 Å². The van der Waals surface area contributed by atoms with Crippen molar-refractivity contribution in [3.8, 4) is 0 Å². The molecule has 15 heavy (non-hydrogen) atoms. The minimum absolute atomic E-state index is 0.0143. The lowest BCUT2D eigenvalue weighted by Gasteiger charge is -2.21. The number of anilines is 1. The Morgan fingerprint density at radius 2 is 1.93 bits per heavy atom. The van der Waals surface area contributed by atoms with E-state index in [1.54, 1.807) is 0 Å². The highest BCUT2D eigenvalue weighted by molar-refractivity contribution is 5.49. The van der Waals surface area contributed by atoms with Crippen molar-refractivity contribution in [2.24, 2.45) is 0 Å². The van der Waals surface area contributed by atoms with Crippen molar-refractivity contribution >= 4 is 5.82 Å². The first kappa shape index (κ1) is 10.3. The standard InChI is InChI=1S/C11H19N3O/c1-11(2,3)12-10-8-6-4-5-7-9(8)14(15)13-10/h15H,4-7H2,1-3H3,(H,12,13). The fourth-order valence-electron chi connectivity index (χ4n) is 2.04. The van der Waals surface area contributed by atoms with Crippen molar-refractivity contribution in [3.05, 3.63) is 11.3 Å². The summed E-state index contributed by atoms with van der Waals surface area (Å²) in [5.74, 6) is 0.847. The normalized spacial score (nSPS) is 16.2. The number of hydrogen-bond donors (Lipinski definition) is 2. The highest BCUT2D eigenvalue weighted by Gasteiger charge is 2.23. The van der Waals surface area contributed by atoms with Crippen LogP contribution in [-0.4, -0.2) is 20.7 Å². The summed E-state index contributed by atoms with van der Waals surface area (Å²) < 4.78 is 0. The van der Waals surface area contributed by atoms with Crippen LogP contribution in [0, 0.1) is 0 Å². The van der Waals surface area contributed by atoms with Crippen LogP contribution in [0.5, 0.6) is 0 Å². The van der Waals surface area contributed by atoms with Gasteiger partial charge in [0.05, 0.1) is 5.69 Å². The smallest absolute Gasteiger partial charge is 0.155 e. The number of fused-ring (bicyclic) bond motifs is 1. The molecule has 1 aromatic rings. The van der Waals surface area contributed by atoms with E-state index in [9.17, 15) is 5.21 Å². The molecular weight excluding hydrogens is 190 g/mol. The predicted molar refractivity (Wildman–Crippen MR) is 59.4 cm³/mol. The van der Waals surface area contributed by atoms with Crippen molar-refractivity contribution in [2.45, 2.75) is 52.0 Å². The molecule has 0 saturated carbocycles. The molecular formula is C11H19N3O. The Morgan fingerprint density at radius 3 is 2.60 bits per heavy atom. The van der Waals surface area contributed by atoms with Crippen LogP contribution in [0.1, 0.15) is 44.9 Å². The number of rotatable bonds is 1. The van der Waals surface area contributed by atoms with E-state index in [4.69, 9.17) is 0 Å². The van der Waals surface area contributed by atoms with E-state index in [2.05, 4.69) is 31.2 Å². The Morgan fingerprint density at radius 1 is 1.27 bits per heavy atom. The molecule has 0 fully saturated rings. The van der Waals surface area contributed by atoms with E-state index in [1.165, 1.54) is 12.0 Å². The molecule has 0 bridgehead atoms. The minimum atomic E-state index is -0.0143. The van der Waals surface area contributed by atoms with Crippen LogP contribution in [-0.2, 0) is 12.8 Å². The Kier molecular flexibility index (Phi) is 2.37. The highest BCUT2D eigenvalue weighted by atomic mass is 16.5. The van der Waals surface area contributed by atoms with Gasteiger partial charge in [-0.2, -0.15) is 0 Å². The monoisotopic (exact) mass is 209 g/mol. The summed E-state index contributed by atoms with van der Waals surface area (Å²) in [6.45, 7) is 6.29. The fraction of sp³-hybridized carbons (Fsp3) is 0.727. The van der Waals surface area contributed by atoms with Crippen molar-refractivity contribution in [1.29, 1.82) is 0 Å². The Bertz CT molecular complexity index is 363. The van der Waals surface area contributed by atoms with Crippen LogP contribution in [0.4, 0.5) is 5.82 Å². The van der Waals surface area contributed by atoms with Gasteiger partial charge in [-0.3, -0.25) is 0 Å². The third-order valence-electron chi connectivity index (χ3n) is 2.65. The molecule has 0 aliphatic heterocycles. The molecule has 0 unspecified atom stereocenters. The summed E-state index contributed by atoms with van der Waals surface area (Å²) in [6, 6.07) is 0. The fourth-order valence-corrected chi connectivity index (χ4v) is 2.04. The maximum absolute atomic E-state index is 9.64. The Hall–Kier alpha value is -1.19. The summed E-state index contributed by atoms with van der Waals surface area (Å²) >= 11 is 0. The lowest BCUT2D eigenvalue weighted by atomic mass is 9.97. The summed E-state index contributed by atoms with van der Waals surface area (Å²) in [5.41, 5.74) is 2.16. The van der Waals surface area contributed by atoms with Gasteiger partial charge in [-0.05, 0) is 46.5 Å². The van der Waals surface area contributed by atoms with Crippen LogP contribution < -0.4 is 5.32 Å². The van der Waals surface area contributed by atoms with Gasteiger partial charge in [0.1, 0.15) is 0 Å². The molecule has 4 heteroatoms. The van der Waals surface area contributed by atoms with Crippen molar-refractivity contribution in [3.63, 3.8) is 0 Å². The van der Waals surface area contributed by atoms with Gasteiger partial charge in [0.15, 0.2) is 5.82 Å². The van der Waals surface area contributed by atoms with Gasteiger partial charge in [0.25, 0.3) is 0 Å². The van der Waals surface area contributed by atoms with Gasteiger partial charge in [0, 0.05) is 11.1 Å². The van der Waals surface area contributed by atoms with Crippen LogP contribution in [0.2, 0.25) is 0 Å². The maximum Gasteiger partial charge on any atom is 0.155 e. The second-order valence-corrected chi connectivity index (χ2v) is 5.25. The van der Waals surface area contributed by atoms with E-state index < -0.39 is 0 Å². The maximum atomic E-state index is 9.64. The quantitative estimate of drug-likeness (QED) is 0.697. The van der Waals surface area contributed by atoms with E-state index in [1.807, 2.05) is 0 Å². The van der Waals surface area contributed by atoms with Gasteiger partial charge >= 0.3 is 0 Å². The van der Waals surface area contributed by atoms with Gasteiger partial charge in [-0.1, -0.05) is 0 Å². The van der Waals surface area contributed by atoms with Gasteiger partial charge in [0.2, 0.25) is 0 Å². The van der Waals surface area contributed by atoms with Crippen LogP contribution in [0.25, 0.3) is 0 Å². The van der Waals surface area contributed by atoms with E-state index in [0.717, 1.165) is 35.6 Å². The topological polar surface area (TPSA) is 50.1 Å². The number of nitrogens with one attached hydrogen (secondary N) is 1. The molecule has 0 aromatic carbocycles. The molecule has 1 aliphatic rings. The third kappa shape index (κ3) is 2.08. The van der Waals surface area contributed by atoms with Crippen molar-refractivity contribution in [2.75, 3.05) is 5.32 Å². The van der Waals surface area contributed by atoms with Gasteiger partial charge in [-0.15, -0.1) is 9.94 Å². The lowest BCUT2D eigenvalue weighted by Crippen LogP contribution is -2.27. The van der Waals surface area contributed by atoms with Crippen LogP contribution in [0.3, 0.4) is 0 Å². The zero-order chi connectivity index (χ0) is 11.1. The molecule has 0 saturated heterocycles. The highest BCUT2D eigenvalue weighted by Crippen LogP contribution is 2.28. The molecule has 1 heterocycles. The number of nitrogens with zero attached hydrogens (tertiary/aromatic N) is 2. The summed E-state index contributed by atoms with van der Waals surface area (Å²) in [4.78, 5) is 1.04. The summed E-state index contributed by atoms with van der Waals surface area (Å²) in [6.07, 6.45) is 4.30. The first-order valence-electron chi connectivity index (χ1n) is 5.55. The van der Waals surface area contributed by atoms with E-state index in [-0.39, 0.29) is 5.54 Å². The number of aromatic nitrogens is 2. The molecule has 84 valence electrons. The molecule has 2 N–H and O–H groups in total. The first-order valence-corrected chi connectivity index (χ1v) is 5.55. The Labute approximate surface area is 90.3 Å². The molecule has 4 nitrogen and oxygen atoms in total. The zero-order valence-corrected chi connectivity index (χ0v) is 9.67. The molecule has 0 spiro atoms. The summed E-state index contributed by atoms with van der Waals surface area (Å²) in [7, 11) is 0. The predicted octanol–water partition coefficient (Wildman–Crippen LogP) is 2.21. The zero-order valence-electron chi connectivity index (χ0n) is 9.67. The SMILES string of the molecule is CC(C)(C)Nc1nn(O)c2c1CCCC2. The van der Waals surface area contributed by atoms with Crippen molar-refractivity contribution in [1.82, 2.24) is 9.94 Å². The third-order valence-corrected chi connectivity index (χ3v) is 2.65. The Balaban J connectivity index is 2.32. The second kappa shape index (κ2) is 3.43. The van der Waals surface area contributed by atoms with Crippen LogP contribution >= 0.6 is 0 Å². The molecule has 1 aromatic heterocycles. The summed E-state index contributed by atoms with van der Waals surface area (Å²) in [5, 5.41) is 17.1. The van der Waals surface area contributed by atoms with Crippen LogP contribution in [0.15, 0.2) is 0 Å². The molecule has 0 amide bonds. The van der Waals surface area contributed by atoms with E-state index >= 15 is 0 Å². The van der Waals surface area contributed by atoms with Gasteiger partial charge in [-0.25, -0.2) is 0 Å². The first-order chi connectivity index (χ1) is 6.97. The largest absolute Gasteiger partial charge is 0.411 e. The molecule has 1 aliphatic carbocycles. The second-order valence-electron chi connectivity index (χ2n) is 5.25. The van der Waals surface area contributed by atoms with Crippen molar-refractivity contribution < 1.29 is 5.21 Å². The van der Waals surface area contributed by atoms with E-state index in [0.29, 0.717) is 0 Å². The lowest BCUT2D eigenvalue weighted by molar-refractivity contribution is 0.139. The molecule has 2 rings (SSSR count). The minimum Gasteiger partial charge on any atom is -0.411 e. The average Bonchev–Trinajstić information content (AvgIpc) is 2.42. The molecule has 0 radical (unpaired) electrons. The average molecular weight is 209 g/mol. The number of hydrogen-bond acceptors (Lipinski definition) is 3. The molecule has 0 atom stereocenters.